The molecular formula is C14H21N3O2. The van der Waals surface area contributed by atoms with Crippen LogP contribution in [0.1, 0.15) is 37.2 Å². The van der Waals surface area contributed by atoms with Gasteiger partial charge in [0.2, 0.25) is 5.95 Å². The predicted octanol–water partition coefficient (Wildman–Crippen LogP) is 1.94. The number of rotatable bonds is 2. The summed E-state index contributed by atoms with van der Waals surface area (Å²) in [6.07, 6.45) is 8.05. The van der Waals surface area contributed by atoms with E-state index in [1.54, 1.807) is 0 Å². The minimum absolute atomic E-state index is 0.277. The van der Waals surface area contributed by atoms with E-state index in [1.807, 2.05) is 31.4 Å². The fourth-order valence-electron chi connectivity index (χ4n) is 2.95. The standard InChI is InChI=1S/C14H21N3O2/c1-17(2)13-15-9-12(10-16-13)11-3-5-14(6-4-11)18-7-8-19-14/h9-11H,3-8H2,1-2H3. The Morgan fingerprint density at radius 3 is 2.21 bits per heavy atom. The van der Waals surface area contributed by atoms with Crippen molar-refractivity contribution in [1.29, 1.82) is 0 Å². The molecule has 0 radical (unpaired) electrons. The van der Waals surface area contributed by atoms with Crippen LogP contribution in [-0.2, 0) is 9.47 Å². The van der Waals surface area contributed by atoms with Crippen molar-refractivity contribution < 1.29 is 9.47 Å². The van der Waals surface area contributed by atoms with E-state index >= 15 is 0 Å². The number of hydrogen-bond acceptors (Lipinski definition) is 5. The number of nitrogens with zero attached hydrogens (tertiary/aromatic N) is 3. The maximum Gasteiger partial charge on any atom is 0.224 e. The molecule has 0 atom stereocenters. The molecule has 2 fully saturated rings. The van der Waals surface area contributed by atoms with Gasteiger partial charge in [-0.2, -0.15) is 0 Å². The molecule has 104 valence electrons. The number of anilines is 1. The highest BCUT2D eigenvalue weighted by atomic mass is 16.7. The Kier molecular flexibility index (Phi) is 3.41. The first-order chi connectivity index (χ1) is 9.19. The molecular weight excluding hydrogens is 242 g/mol. The van der Waals surface area contributed by atoms with Gasteiger partial charge in [0.25, 0.3) is 0 Å². The first kappa shape index (κ1) is 12.8. The van der Waals surface area contributed by atoms with E-state index in [9.17, 15) is 0 Å². The molecule has 1 aromatic heterocycles. The van der Waals surface area contributed by atoms with Crippen LogP contribution in [0, 0.1) is 0 Å². The lowest BCUT2D eigenvalue weighted by Gasteiger charge is -2.35. The fraction of sp³-hybridized carbons (Fsp3) is 0.714. The molecule has 1 saturated carbocycles. The van der Waals surface area contributed by atoms with Crippen molar-refractivity contribution in [2.45, 2.75) is 37.4 Å². The van der Waals surface area contributed by atoms with Gasteiger partial charge in [-0.05, 0) is 24.3 Å². The van der Waals surface area contributed by atoms with Gasteiger partial charge in [0, 0.05) is 39.3 Å². The second-order valence-corrected chi connectivity index (χ2v) is 5.59. The molecule has 0 unspecified atom stereocenters. The Morgan fingerprint density at radius 2 is 1.68 bits per heavy atom. The van der Waals surface area contributed by atoms with Gasteiger partial charge in [-0.25, -0.2) is 9.97 Å². The zero-order valence-corrected chi connectivity index (χ0v) is 11.6. The second-order valence-electron chi connectivity index (χ2n) is 5.59. The van der Waals surface area contributed by atoms with Crippen molar-refractivity contribution in [3.05, 3.63) is 18.0 Å². The van der Waals surface area contributed by atoms with Gasteiger partial charge in [-0.1, -0.05) is 0 Å². The summed E-state index contributed by atoms with van der Waals surface area (Å²) < 4.78 is 11.5. The van der Waals surface area contributed by atoms with Gasteiger partial charge in [0.1, 0.15) is 0 Å². The Bertz CT molecular complexity index is 417. The van der Waals surface area contributed by atoms with Crippen molar-refractivity contribution in [2.75, 3.05) is 32.2 Å². The molecule has 0 bridgehead atoms. The highest BCUT2D eigenvalue weighted by molar-refractivity contribution is 5.28. The molecule has 0 aromatic carbocycles. The van der Waals surface area contributed by atoms with Crippen LogP contribution >= 0.6 is 0 Å². The van der Waals surface area contributed by atoms with E-state index in [0.717, 1.165) is 44.8 Å². The summed E-state index contributed by atoms with van der Waals surface area (Å²) in [5.74, 6) is 1.02. The molecule has 1 aliphatic carbocycles. The molecule has 1 spiro atoms. The van der Waals surface area contributed by atoms with E-state index in [1.165, 1.54) is 5.56 Å². The highest BCUT2D eigenvalue weighted by Gasteiger charge is 2.40. The summed E-state index contributed by atoms with van der Waals surface area (Å²) in [5, 5.41) is 0. The lowest BCUT2D eigenvalue weighted by molar-refractivity contribution is -0.178. The maximum absolute atomic E-state index is 5.76. The van der Waals surface area contributed by atoms with Gasteiger partial charge in [-0.3, -0.25) is 0 Å². The maximum atomic E-state index is 5.76. The average molecular weight is 263 g/mol. The zero-order valence-electron chi connectivity index (χ0n) is 11.6. The number of ether oxygens (including phenoxy) is 2. The van der Waals surface area contributed by atoms with Crippen LogP contribution in [0.25, 0.3) is 0 Å². The lowest BCUT2D eigenvalue weighted by atomic mass is 9.82. The third kappa shape index (κ3) is 2.58. The molecule has 0 amide bonds. The van der Waals surface area contributed by atoms with Crippen LogP contribution in [0.15, 0.2) is 12.4 Å². The van der Waals surface area contributed by atoms with Crippen molar-refractivity contribution in [3.8, 4) is 0 Å². The summed E-state index contributed by atoms with van der Waals surface area (Å²) in [6.45, 7) is 1.48. The van der Waals surface area contributed by atoms with Crippen molar-refractivity contribution in [2.24, 2.45) is 0 Å². The molecule has 1 aliphatic heterocycles. The average Bonchev–Trinajstić information content (AvgIpc) is 2.88. The van der Waals surface area contributed by atoms with Gasteiger partial charge < -0.3 is 14.4 Å². The van der Waals surface area contributed by atoms with Crippen LogP contribution in [0.3, 0.4) is 0 Å². The van der Waals surface area contributed by atoms with Crippen LogP contribution < -0.4 is 4.90 Å². The van der Waals surface area contributed by atoms with Crippen molar-refractivity contribution in [1.82, 2.24) is 9.97 Å². The zero-order chi connectivity index (χ0) is 13.3. The molecule has 5 heteroatoms. The van der Waals surface area contributed by atoms with Gasteiger partial charge in [0.15, 0.2) is 5.79 Å². The number of aromatic nitrogens is 2. The van der Waals surface area contributed by atoms with Crippen molar-refractivity contribution in [3.63, 3.8) is 0 Å². The van der Waals surface area contributed by atoms with Crippen molar-refractivity contribution >= 4 is 5.95 Å². The normalized spacial score (nSPS) is 22.8. The topological polar surface area (TPSA) is 47.5 Å². The molecule has 0 N–H and O–H groups in total. The van der Waals surface area contributed by atoms with Crippen LogP contribution in [0.5, 0.6) is 0 Å². The number of hydrogen-bond donors (Lipinski definition) is 0. The van der Waals surface area contributed by atoms with Crippen LogP contribution in [0.4, 0.5) is 5.95 Å². The largest absolute Gasteiger partial charge is 0.348 e. The molecule has 1 aromatic rings. The molecule has 1 saturated heterocycles. The van der Waals surface area contributed by atoms with E-state index in [4.69, 9.17) is 9.47 Å². The predicted molar refractivity (Wildman–Crippen MR) is 72.2 cm³/mol. The van der Waals surface area contributed by atoms with E-state index in [-0.39, 0.29) is 5.79 Å². The molecule has 2 heterocycles. The van der Waals surface area contributed by atoms with Gasteiger partial charge >= 0.3 is 0 Å². The molecule has 19 heavy (non-hydrogen) atoms. The Morgan fingerprint density at radius 1 is 1.11 bits per heavy atom. The van der Waals surface area contributed by atoms with Crippen LogP contribution in [-0.4, -0.2) is 43.1 Å². The first-order valence-corrected chi connectivity index (χ1v) is 6.96. The summed E-state index contributed by atoms with van der Waals surface area (Å²) in [5.41, 5.74) is 1.23. The third-order valence-corrected chi connectivity index (χ3v) is 4.09. The van der Waals surface area contributed by atoms with Gasteiger partial charge in [-0.15, -0.1) is 0 Å². The SMILES string of the molecule is CN(C)c1ncc(C2CCC3(CC2)OCCO3)cn1. The molecule has 2 aliphatic rings. The van der Waals surface area contributed by atoms with E-state index in [2.05, 4.69) is 9.97 Å². The summed E-state index contributed by atoms with van der Waals surface area (Å²) in [6, 6.07) is 0. The minimum Gasteiger partial charge on any atom is -0.348 e. The summed E-state index contributed by atoms with van der Waals surface area (Å²) >= 11 is 0. The van der Waals surface area contributed by atoms with E-state index in [0.29, 0.717) is 5.92 Å². The van der Waals surface area contributed by atoms with Crippen LogP contribution in [0.2, 0.25) is 0 Å². The van der Waals surface area contributed by atoms with Gasteiger partial charge in [0.05, 0.1) is 13.2 Å². The summed E-state index contributed by atoms with van der Waals surface area (Å²) in [4.78, 5) is 10.7. The second kappa shape index (κ2) is 5.06. The minimum atomic E-state index is -0.277. The fourth-order valence-corrected chi connectivity index (χ4v) is 2.95. The molecule has 3 rings (SSSR count). The van der Waals surface area contributed by atoms with E-state index < -0.39 is 0 Å². The molecule has 5 nitrogen and oxygen atoms in total. The first-order valence-electron chi connectivity index (χ1n) is 6.96. The summed E-state index contributed by atoms with van der Waals surface area (Å²) in [7, 11) is 3.91. The third-order valence-electron chi connectivity index (χ3n) is 4.09. The Labute approximate surface area is 113 Å². The Balaban J connectivity index is 1.64. The monoisotopic (exact) mass is 263 g/mol. The smallest absolute Gasteiger partial charge is 0.224 e. The quantitative estimate of drug-likeness (QED) is 0.816. The lowest BCUT2D eigenvalue weighted by Crippen LogP contribution is -2.34. The highest BCUT2D eigenvalue weighted by Crippen LogP contribution is 2.41. The Hall–Kier alpha value is -1.20.